The van der Waals surface area contributed by atoms with Crippen LogP contribution in [0.2, 0.25) is 0 Å². The highest BCUT2D eigenvalue weighted by atomic mass is 79.9. The van der Waals surface area contributed by atoms with E-state index in [1.54, 1.807) is 56.5 Å². The van der Waals surface area contributed by atoms with Gasteiger partial charge in [0.25, 0.3) is 0 Å². The number of benzene rings is 2. The number of halogens is 1. The molecular formula is C20H16BrNO5. The first-order valence-corrected chi connectivity index (χ1v) is 8.96. The van der Waals surface area contributed by atoms with Crippen LogP contribution >= 0.6 is 15.9 Å². The summed E-state index contributed by atoms with van der Waals surface area (Å²) in [5.41, 5.74) is 1.31. The van der Waals surface area contributed by atoms with E-state index in [0.29, 0.717) is 22.6 Å². The van der Waals surface area contributed by atoms with Gasteiger partial charge >= 0.3 is 11.9 Å². The van der Waals surface area contributed by atoms with E-state index in [4.69, 9.17) is 14.2 Å². The van der Waals surface area contributed by atoms with Gasteiger partial charge in [-0.1, -0.05) is 22.9 Å². The largest absolute Gasteiger partial charge is 0.497 e. The minimum atomic E-state index is -0.575. The van der Waals surface area contributed by atoms with E-state index in [0.717, 1.165) is 4.47 Å². The highest BCUT2D eigenvalue weighted by molar-refractivity contribution is 9.10. The molecule has 0 aromatic heterocycles. The number of aliphatic imine (C=N–C) groups is 1. The van der Waals surface area contributed by atoms with Crippen LogP contribution in [0, 0.1) is 0 Å². The number of rotatable bonds is 5. The second-order valence-corrected chi connectivity index (χ2v) is 6.49. The average molecular weight is 430 g/mol. The molecular weight excluding hydrogens is 414 g/mol. The molecule has 0 saturated carbocycles. The quantitative estimate of drug-likeness (QED) is 0.406. The van der Waals surface area contributed by atoms with Crippen LogP contribution in [0.15, 0.2) is 57.6 Å². The summed E-state index contributed by atoms with van der Waals surface area (Å²) in [6.07, 6.45) is 1.77. The van der Waals surface area contributed by atoms with Gasteiger partial charge in [-0.05, 0) is 48.5 Å². The fourth-order valence-electron chi connectivity index (χ4n) is 2.33. The van der Waals surface area contributed by atoms with Gasteiger partial charge in [0.1, 0.15) is 11.5 Å². The Morgan fingerprint density at radius 3 is 2.63 bits per heavy atom. The number of carbonyl (C=O) groups is 2. The molecule has 1 heterocycles. The molecule has 1 aliphatic heterocycles. The number of esters is 2. The molecule has 2 aromatic carbocycles. The molecule has 0 radical (unpaired) electrons. The van der Waals surface area contributed by atoms with E-state index >= 15 is 0 Å². The van der Waals surface area contributed by atoms with Crippen molar-refractivity contribution in [2.75, 3.05) is 7.11 Å². The highest BCUT2D eigenvalue weighted by Gasteiger charge is 2.24. The van der Waals surface area contributed by atoms with Crippen molar-refractivity contribution in [2.45, 2.75) is 13.3 Å². The van der Waals surface area contributed by atoms with Crippen LogP contribution in [0.25, 0.3) is 6.08 Å². The molecule has 3 rings (SSSR count). The molecule has 0 fully saturated rings. The highest BCUT2D eigenvalue weighted by Crippen LogP contribution is 2.28. The zero-order valence-electron chi connectivity index (χ0n) is 14.7. The van der Waals surface area contributed by atoms with E-state index in [9.17, 15) is 9.59 Å². The monoisotopic (exact) mass is 429 g/mol. The molecule has 6 nitrogen and oxygen atoms in total. The Labute approximate surface area is 164 Å². The number of ether oxygens (including phenoxy) is 3. The van der Waals surface area contributed by atoms with Crippen molar-refractivity contribution in [1.29, 1.82) is 0 Å². The minimum Gasteiger partial charge on any atom is -0.497 e. The van der Waals surface area contributed by atoms with Gasteiger partial charge in [0, 0.05) is 22.0 Å². The van der Waals surface area contributed by atoms with Crippen molar-refractivity contribution < 1.29 is 23.8 Å². The van der Waals surface area contributed by atoms with E-state index < -0.39 is 5.97 Å². The molecule has 1 aliphatic rings. The third-order valence-corrected chi connectivity index (χ3v) is 4.23. The summed E-state index contributed by atoms with van der Waals surface area (Å²) in [4.78, 5) is 28.1. The number of hydrogen-bond donors (Lipinski definition) is 0. The summed E-state index contributed by atoms with van der Waals surface area (Å²) in [7, 11) is 1.57. The lowest BCUT2D eigenvalue weighted by Crippen LogP contribution is -2.07. The number of cyclic esters (lactones) is 1. The van der Waals surface area contributed by atoms with Crippen molar-refractivity contribution in [3.8, 4) is 11.5 Å². The zero-order valence-corrected chi connectivity index (χ0v) is 16.3. The lowest BCUT2D eigenvalue weighted by molar-refractivity contribution is -0.134. The predicted octanol–water partition coefficient (Wildman–Crippen LogP) is 4.12. The molecule has 0 spiro atoms. The normalized spacial score (nSPS) is 14.7. The van der Waals surface area contributed by atoms with Crippen LogP contribution in [-0.2, 0) is 14.3 Å². The van der Waals surface area contributed by atoms with E-state index in [1.807, 2.05) is 0 Å². The second-order valence-electron chi connectivity index (χ2n) is 5.57. The summed E-state index contributed by atoms with van der Waals surface area (Å²) >= 11 is 3.37. The van der Waals surface area contributed by atoms with Crippen molar-refractivity contribution in [3.63, 3.8) is 0 Å². The molecule has 0 aliphatic carbocycles. The first-order chi connectivity index (χ1) is 13.0. The third-order valence-electron chi connectivity index (χ3n) is 3.73. The van der Waals surface area contributed by atoms with E-state index in [1.165, 1.54) is 6.08 Å². The number of nitrogens with zero attached hydrogens (tertiary/aromatic N) is 1. The summed E-state index contributed by atoms with van der Waals surface area (Å²) < 4.78 is 16.5. The first-order valence-electron chi connectivity index (χ1n) is 8.17. The maximum atomic E-state index is 12.2. The summed E-state index contributed by atoms with van der Waals surface area (Å²) in [5, 5.41) is 0. The van der Waals surface area contributed by atoms with Crippen molar-refractivity contribution in [3.05, 3.63) is 63.8 Å². The van der Waals surface area contributed by atoms with Gasteiger partial charge in [-0.25, -0.2) is 9.79 Å². The summed E-state index contributed by atoms with van der Waals surface area (Å²) in [6, 6.07) is 12.1. The van der Waals surface area contributed by atoms with Gasteiger partial charge in [-0.2, -0.15) is 0 Å². The minimum absolute atomic E-state index is 0.118. The lowest BCUT2D eigenvalue weighted by atomic mass is 10.1. The van der Waals surface area contributed by atoms with Crippen LogP contribution in [0.4, 0.5) is 0 Å². The molecule has 0 unspecified atom stereocenters. The Bertz CT molecular complexity index is 947. The van der Waals surface area contributed by atoms with Crippen LogP contribution in [0.3, 0.4) is 0 Å². The van der Waals surface area contributed by atoms with Gasteiger partial charge in [-0.15, -0.1) is 0 Å². The topological polar surface area (TPSA) is 74.2 Å². The van der Waals surface area contributed by atoms with Gasteiger partial charge in [0.15, 0.2) is 5.70 Å². The molecule has 0 bridgehead atoms. The number of methoxy groups -OCH3 is 1. The van der Waals surface area contributed by atoms with Crippen LogP contribution in [-0.4, -0.2) is 24.9 Å². The van der Waals surface area contributed by atoms with Crippen molar-refractivity contribution in [1.82, 2.24) is 0 Å². The van der Waals surface area contributed by atoms with E-state index in [2.05, 4.69) is 20.9 Å². The summed E-state index contributed by atoms with van der Waals surface area (Å²) in [5.74, 6) is 0.298. The Kier molecular flexibility index (Phi) is 5.71. The Morgan fingerprint density at radius 1 is 1.22 bits per heavy atom. The fraction of sp³-hybridized carbons (Fsp3) is 0.150. The van der Waals surface area contributed by atoms with Gasteiger partial charge < -0.3 is 14.2 Å². The molecule has 0 atom stereocenters. The maximum Gasteiger partial charge on any atom is 0.363 e. The van der Waals surface area contributed by atoms with Crippen LogP contribution in [0.1, 0.15) is 24.5 Å². The Morgan fingerprint density at radius 2 is 1.96 bits per heavy atom. The SMILES string of the molecule is CCC(=O)Oc1ccc(Br)cc1/C=C1\N=C(c2ccc(OC)cc2)OC1=O. The smallest absolute Gasteiger partial charge is 0.363 e. The van der Waals surface area contributed by atoms with Crippen LogP contribution < -0.4 is 9.47 Å². The Balaban J connectivity index is 1.94. The molecule has 0 amide bonds. The number of hydrogen-bond acceptors (Lipinski definition) is 6. The van der Waals surface area contributed by atoms with Gasteiger partial charge in [0.2, 0.25) is 5.90 Å². The van der Waals surface area contributed by atoms with Gasteiger partial charge in [0.05, 0.1) is 7.11 Å². The second kappa shape index (κ2) is 8.18. The maximum absolute atomic E-state index is 12.2. The van der Waals surface area contributed by atoms with Crippen molar-refractivity contribution in [2.24, 2.45) is 4.99 Å². The zero-order chi connectivity index (χ0) is 19.4. The lowest BCUT2D eigenvalue weighted by Gasteiger charge is -2.07. The van der Waals surface area contributed by atoms with Crippen LogP contribution in [0.5, 0.6) is 11.5 Å². The molecule has 0 saturated heterocycles. The van der Waals surface area contributed by atoms with Crippen molar-refractivity contribution >= 4 is 39.8 Å². The molecule has 7 heteroatoms. The third kappa shape index (κ3) is 4.43. The van der Waals surface area contributed by atoms with Gasteiger partial charge in [-0.3, -0.25) is 4.79 Å². The molecule has 0 N–H and O–H groups in total. The fourth-order valence-corrected chi connectivity index (χ4v) is 2.71. The average Bonchev–Trinajstić information content (AvgIpc) is 3.04. The predicted molar refractivity (Wildman–Crippen MR) is 104 cm³/mol. The molecule has 2 aromatic rings. The summed E-state index contributed by atoms with van der Waals surface area (Å²) in [6.45, 7) is 1.71. The molecule has 27 heavy (non-hydrogen) atoms. The first kappa shape index (κ1) is 18.8. The standard InChI is InChI=1S/C20H16BrNO5/c1-3-18(23)26-17-9-6-14(21)10-13(17)11-16-20(24)27-19(22-16)12-4-7-15(25-2)8-5-12/h4-11H,3H2,1-2H3/b16-11-. The number of carbonyl (C=O) groups excluding carboxylic acids is 2. The molecule has 138 valence electrons. The Hall–Kier alpha value is -2.93. The van der Waals surface area contributed by atoms with E-state index in [-0.39, 0.29) is 24.0 Å².